The molecule has 2 atom stereocenters. The lowest BCUT2D eigenvalue weighted by Crippen LogP contribution is -2.42. The van der Waals surface area contributed by atoms with Gasteiger partial charge in [0.15, 0.2) is 0 Å². The minimum atomic E-state index is 0.282. The molecule has 88 valence electrons. The molecule has 0 bridgehead atoms. The van der Waals surface area contributed by atoms with Crippen LogP contribution in [0.5, 0.6) is 0 Å². The minimum absolute atomic E-state index is 0.282. The molecule has 0 aliphatic carbocycles. The van der Waals surface area contributed by atoms with Gasteiger partial charge in [-0.15, -0.1) is 0 Å². The van der Waals surface area contributed by atoms with Crippen LogP contribution in [0.2, 0.25) is 0 Å². The van der Waals surface area contributed by atoms with E-state index in [1.54, 1.807) is 0 Å². The molecule has 1 aliphatic rings. The average molecular weight is 212 g/mol. The molecule has 1 heterocycles. The van der Waals surface area contributed by atoms with Crippen molar-refractivity contribution >= 4 is 5.91 Å². The molecule has 3 heteroatoms. The standard InChI is InChI=1S/C12H24N2O/c1-9(2)4-5-12(15)14-7-6-10(3)11(14)8-13/h9-11H,4-8,13H2,1-3H3. The Labute approximate surface area is 93.0 Å². The van der Waals surface area contributed by atoms with Crippen molar-refractivity contribution in [2.24, 2.45) is 17.6 Å². The topological polar surface area (TPSA) is 46.3 Å². The van der Waals surface area contributed by atoms with Gasteiger partial charge >= 0.3 is 0 Å². The SMILES string of the molecule is CC(C)CCC(=O)N1CCC(C)C1CN. The van der Waals surface area contributed by atoms with Gasteiger partial charge in [0, 0.05) is 25.6 Å². The van der Waals surface area contributed by atoms with Gasteiger partial charge in [-0.05, 0) is 24.7 Å². The monoisotopic (exact) mass is 212 g/mol. The maximum absolute atomic E-state index is 11.9. The first-order valence-electron chi connectivity index (χ1n) is 6.05. The molecule has 2 N–H and O–H groups in total. The summed E-state index contributed by atoms with van der Waals surface area (Å²) in [5.74, 6) is 1.46. The van der Waals surface area contributed by atoms with Crippen molar-refractivity contribution in [3.63, 3.8) is 0 Å². The second-order valence-corrected chi connectivity index (χ2v) is 5.09. The Morgan fingerprint density at radius 1 is 1.53 bits per heavy atom. The van der Waals surface area contributed by atoms with E-state index in [1.807, 2.05) is 4.90 Å². The largest absolute Gasteiger partial charge is 0.338 e. The number of carbonyl (C=O) groups excluding carboxylic acids is 1. The van der Waals surface area contributed by atoms with Crippen LogP contribution in [0, 0.1) is 11.8 Å². The third-order valence-electron chi connectivity index (χ3n) is 3.38. The Balaban J connectivity index is 2.45. The summed E-state index contributed by atoms with van der Waals surface area (Å²) in [4.78, 5) is 13.9. The van der Waals surface area contributed by atoms with Crippen LogP contribution >= 0.6 is 0 Å². The van der Waals surface area contributed by atoms with Gasteiger partial charge in [-0.2, -0.15) is 0 Å². The predicted molar refractivity (Wildman–Crippen MR) is 62.4 cm³/mol. The van der Waals surface area contributed by atoms with Crippen LogP contribution in [0.25, 0.3) is 0 Å². The summed E-state index contributed by atoms with van der Waals surface area (Å²) in [5.41, 5.74) is 5.71. The molecule has 2 unspecified atom stereocenters. The normalized spacial score (nSPS) is 26.3. The average Bonchev–Trinajstić information content (AvgIpc) is 2.55. The molecule has 3 nitrogen and oxygen atoms in total. The number of carbonyl (C=O) groups is 1. The Bertz CT molecular complexity index is 216. The molecule has 1 fully saturated rings. The number of hydrogen-bond donors (Lipinski definition) is 1. The van der Waals surface area contributed by atoms with Gasteiger partial charge in [0.05, 0.1) is 0 Å². The lowest BCUT2D eigenvalue weighted by atomic mass is 10.0. The lowest BCUT2D eigenvalue weighted by Gasteiger charge is -2.26. The molecule has 0 spiro atoms. The van der Waals surface area contributed by atoms with E-state index in [-0.39, 0.29) is 6.04 Å². The molecule has 0 aromatic carbocycles. The second-order valence-electron chi connectivity index (χ2n) is 5.09. The quantitative estimate of drug-likeness (QED) is 0.769. The molecular weight excluding hydrogens is 188 g/mol. The first kappa shape index (κ1) is 12.5. The van der Waals surface area contributed by atoms with Crippen LogP contribution in [0.3, 0.4) is 0 Å². The van der Waals surface area contributed by atoms with Crippen molar-refractivity contribution in [1.82, 2.24) is 4.90 Å². The molecule has 0 aromatic heterocycles. The number of amides is 1. The summed E-state index contributed by atoms with van der Waals surface area (Å²) in [7, 11) is 0. The van der Waals surface area contributed by atoms with Crippen LogP contribution in [0.1, 0.15) is 40.0 Å². The molecule has 1 aliphatic heterocycles. The zero-order chi connectivity index (χ0) is 11.4. The molecule has 1 rings (SSSR count). The van der Waals surface area contributed by atoms with E-state index < -0.39 is 0 Å². The smallest absolute Gasteiger partial charge is 0.222 e. The summed E-state index contributed by atoms with van der Waals surface area (Å²) in [6.07, 6.45) is 2.77. The van der Waals surface area contributed by atoms with E-state index in [2.05, 4.69) is 20.8 Å². The van der Waals surface area contributed by atoms with Crippen molar-refractivity contribution in [3.05, 3.63) is 0 Å². The number of likely N-dealkylation sites (tertiary alicyclic amines) is 1. The molecule has 15 heavy (non-hydrogen) atoms. The van der Waals surface area contributed by atoms with E-state index in [9.17, 15) is 4.79 Å². The van der Waals surface area contributed by atoms with Gasteiger partial charge in [-0.25, -0.2) is 0 Å². The molecule has 0 saturated carbocycles. The summed E-state index contributed by atoms with van der Waals surface area (Å²) >= 11 is 0. The lowest BCUT2D eigenvalue weighted by molar-refractivity contribution is -0.132. The summed E-state index contributed by atoms with van der Waals surface area (Å²) in [5, 5.41) is 0. The molecule has 0 radical (unpaired) electrons. The van der Waals surface area contributed by atoms with E-state index in [1.165, 1.54) is 0 Å². The Morgan fingerprint density at radius 3 is 2.73 bits per heavy atom. The van der Waals surface area contributed by atoms with E-state index in [4.69, 9.17) is 5.73 Å². The van der Waals surface area contributed by atoms with E-state index in [0.29, 0.717) is 30.7 Å². The fourth-order valence-corrected chi connectivity index (χ4v) is 2.23. The van der Waals surface area contributed by atoms with Crippen LogP contribution in [-0.2, 0) is 4.79 Å². The highest BCUT2D eigenvalue weighted by atomic mass is 16.2. The van der Waals surface area contributed by atoms with Crippen LogP contribution in [0.4, 0.5) is 0 Å². The maximum Gasteiger partial charge on any atom is 0.222 e. The predicted octanol–water partition coefficient (Wildman–Crippen LogP) is 1.62. The van der Waals surface area contributed by atoms with Crippen molar-refractivity contribution in [1.29, 1.82) is 0 Å². The summed E-state index contributed by atoms with van der Waals surface area (Å²) in [6.45, 7) is 8.00. The highest BCUT2D eigenvalue weighted by Gasteiger charge is 2.32. The third-order valence-corrected chi connectivity index (χ3v) is 3.38. The summed E-state index contributed by atoms with van der Waals surface area (Å²) in [6, 6.07) is 0.282. The van der Waals surface area contributed by atoms with Crippen LogP contribution in [0.15, 0.2) is 0 Å². The Hall–Kier alpha value is -0.570. The van der Waals surface area contributed by atoms with Gasteiger partial charge in [-0.3, -0.25) is 4.79 Å². The van der Waals surface area contributed by atoms with E-state index >= 15 is 0 Å². The number of rotatable bonds is 4. The highest BCUT2D eigenvalue weighted by molar-refractivity contribution is 5.76. The van der Waals surface area contributed by atoms with Crippen molar-refractivity contribution in [2.75, 3.05) is 13.1 Å². The van der Waals surface area contributed by atoms with Gasteiger partial charge in [0.25, 0.3) is 0 Å². The molecule has 1 amide bonds. The van der Waals surface area contributed by atoms with E-state index in [0.717, 1.165) is 19.4 Å². The number of nitrogens with zero attached hydrogens (tertiary/aromatic N) is 1. The number of hydrogen-bond acceptors (Lipinski definition) is 2. The first-order valence-corrected chi connectivity index (χ1v) is 6.05. The van der Waals surface area contributed by atoms with Gasteiger partial charge in [-0.1, -0.05) is 20.8 Å². The maximum atomic E-state index is 11.9. The van der Waals surface area contributed by atoms with Crippen molar-refractivity contribution < 1.29 is 4.79 Å². The van der Waals surface area contributed by atoms with Gasteiger partial charge in [0.2, 0.25) is 5.91 Å². The van der Waals surface area contributed by atoms with Crippen molar-refractivity contribution in [2.45, 2.75) is 46.1 Å². The van der Waals surface area contributed by atoms with Crippen LogP contribution < -0.4 is 5.73 Å². The van der Waals surface area contributed by atoms with Gasteiger partial charge in [0.1, 0.15) is 0 Å². The second kappa shape index (κ2) is 5.50. The zero-order valence-corrected chi connectivity index (χ0v) is 10.2. The van der Waals surface area contributed by atoms with Gasteiger partial charge < -0.3 is 10.6 Å². The minimum Gasteiger partial charge on any atom is -0.338 e. The van der Waals surface area contributed by atoms with Crippen molar-refractivity contribution in [3.8, 4) is 0 Å². The zero-order valence-electron chi connectivity index (χ0n) is 10.2. The Kier molecular flexibility index (Phi) is 4.58. The third kappa shape index (κ3) is 3.20. The summed E-state index contributed by atoms with van der Waals surface area (Å²) < 4.78 is 0. The Morgan fingerprint density at radius 2 is 2.20 bits per heavy atom. The number of nitrogens with two attached hydrogens (primary N) is 1. The fourth-order valence-electron chi connectivity index (χ4n) is 2.23. The van der Waals surface area contributed by atoms with Crippen LogP contribution in [-0.4, -0.2) is 29.9 Å². The fraction of sp³-hybridized carbons (Fsp3) is 0.917. The molecular formula is C12H24N2O. The first-order chi connectivity index (χ1) is 7.06. The molecule has 1 saturated heterocycles. The molecule has 0 aromatic rings. The highest BCUT2D eigenvalue weighted by Crippen LogP contribution is 2.24.